The lowest BCUT2D eigenvalue weighted by molar-refractivity contribution is -0.131. The third kappa shape index (κ3) is 3.33. The van der Waals surface area contributed by atoms with Crippen molar-refractivity contribution in [3.05, 3.63) is 23.8 Å². The monoisotopic (exact) mass is 320 g/mol. The van der Waals surface area contributed by atoms with Gasteiger partial charge in [-0.15, -0.1) is 0 Å². The molecule has 1 N–H and O–H groups in total. The fraction of sp³-hybridized carbons (Fsp3) is 0.500. The van der Waals surface area contributed by atoms with Crippen molar-refractivity contribution in [1.29, 1.82) is 0 Å². The molecule has 2 aliphatic heterocycles. The number of carbonyl (C=O) groups is 2. The van der Waals surface area contributed by atoms with Gasteiger partial charge in [0.05, 0.1) is 13.2 Å². The van der Waals surface area contributed by atoms with Crippen LogP contribution in [0, 0.1) is 0 Å². The van der Waals surface area contributed by atoms with Gasteiger partial charge >= 0.3 is 6.09 Å². The van der Waals surface area contributed by atoms with E-state index < -0.39 is 6.09 Å². The van der Waals surface area contributed by atoms with Crippen LogP contribution < -0.4 is 14.8 Å². The average Bonchev–Trinajstić information content (AvgIpc) is 3.08. The van der Waals surface area contributed by atoms with Gasteiger partial charge in [0.1, 0.15) is 19.8 Å². The highest BCUT2D eigenvalue weighted by Gasteiger charge is 2.30. The summed E-state index contributed by atoms with van der Waals surface area (Å²) in [4.78, 5) is 25.2. The quantitative estimate of drug-likeness (QED) is 0.913. The molecule has 1 fully saturated rings. The summed E-state index contributed by atoms with van der Waals surface area (Å²) >= 11 is 0. The van der Waals surface area contributed by atoms with Crippen molar-refractivity contribution in [2.45, 2.75) is 18.9 Å². The van der Waals surface area contributed by atoms with Crippen molar-refractivity contribution in [1.82, 2.24) is 10.2 Å². The minimum Gasteiger partial charge on any atom is -0.486 e. The molecule has 0 bridgehead atoms. The maximum atomic E-state index is 12.3. The Labute approximate surface area is 134 Å². The van der Waals surface area contributed by atoms with Gasteiger partial charge in [-0.25, -0.2) is 4.79 Å². The Morgan fingerprint density at radius 1 is 1.30 bits per heavy atom. The van der Waals surface area contributed by atoms with Crippen LogP contribution in [0.4, 0.5) is 4.79 Å². The van der Waals surface area contributed by atoms with E-state index in [-0.39, 0.29) is 18.5 Å². The van der Waals surface area contributed by atoms with Crippen LogP contribution in [-0.4, -0.2) is 50.3 Å². The predicted octanol–water partition coefficient (Wildman–Crippen LogP) is 1.48. The van der Waals surface area contributed by atoms with Crippen LogP contribution in [0.25, 0.3) is 0 Å². The highest BCUT2D eigenvalue weighted by Crippen LogP contribution is 2.37. The smallest absolute Gasteiger partial charge is 0.407 e. The van der Waals surface area contributed by atoms with Crippen LogP contribution >= 0.6 is 0 Å². The Morgan fingerprint density at radius 2 is 2.09 bits per heavy atom. The van der Waals surface area contributed by atoms with Gasteiger partial charge in [0.25, 0.3) is 0 Å². The van der Waals surface area contributed by atoms with E-state index in [1.165, 1.54) is 7.11 Å². The zero-order chi connectivity index (χ0) is 16.2. The Bertz CT molecular complexity index is 604. The molecule has 2 amide bonds. The van der Waals surface area contributed by atoms with Crippen molar-refractivity contribution in [2.75, 3.05) is 33.4 Å². The van der Waals surface area contributed by atoms with Crippen molar-refractivity contribution >= 4 is 12.0 Å². The van der Waals surface area contributed by atoms with Crippen LogP contribution in [0.15, 0.2) is 18.2 Å². The van der Waals surface area contributed by atoms with Crippen molar-refractivity contribution in [2.24, 2.45) is 0 Å². The van der Waals surface area contributed by atoms with Gasteiger partial charge in [-0.05, 0) is 30.5 Å². The molecule has 1 aromatic carbocycles. The molecular weight excluding hydrogens is 300 g/mol. The van der Waals surface area contributed by atoms with E-state index >= 15 is 0 Å². The van der Waals surface area contributed by atoms with Crippen LogP contribution in [0.3, 0.4) is 0 Å². The van der Waals surface area contributed by atoms with E-state index in [9.17, 15) is 9.59 Å². The molecule has 1 aromatic rings. The van der Waals surface area contributed by atoms with Gasteiger partial charge in [-0.2, -0.15) is 0 Å². The lowest BCUT2D eigenvalue weighted by atomic mass is 10.0. The Hall–Kier alpha value is -2.44. The average molecular weight is 320 g/mol. The van der Waals surface area contributed by atoms with Gasteiger partial charge in [-0.1, -0.05) is 6.07 Å². The minimum absolute atomic E-state index is 0.00206. The van der Waals surface area contributed by atoms with E-state index in [1.54, 1.807) is 4.90 Å². The number of carbonyl (C=O) groups excluding carboxylic acids is 2. The molecule has 2 heterocycles. The van der Waals surface area contributed by atoms with E-state index in [1.807, 2.05) is 18.2 Å². The Kier molecular flexibility index (Phi) is 4.55. The lowest BCUT2D eigenvalue weighted by Gasteiger charge is -2.26. The number of likely N-dealkylation sites (tertiary alicyclic amines) is 1. The highest BCUT2D eigenvalue weighted by molar-refractivity contribution is 5.82. The van der Waals surface area contributed by atoms with Gasteiger partial charge in [-0.3, -0.25) is 4.79 Å². The fourth-order valence-corrected chi connectivity index (χ4v) is 3.00. The highest BCUT2D eigenvalue weighted by atomic mass is 16.6. The van der Waals surface area contributed by atoms with Crippen molar-refractivity contribution < 1.29 is 23.8 Å². The van der Waals surface area contributed by atoms with Crippen LogP contribution in [0.5, 0.6) is 11.5 Å². The number of hydrogen-bond acceptors (Lipinski definition) is 5. The summed E-state index contributed by atoms with van der Waals surface area (Å²) < 4.78 is 15.6. The first-order chi connectivity index (χ1) is 11.2. The molecule has 7 heteroatoms. The molecule has 124 valence electrons. The first-order valence-electron chi connectivity index (χ1n) is 7.70. The molecule has 7 nitrogen and oxygen atoms in total. The van der Waals surface area contributed by atoms with Crippen molar-refractivity contribution in [3.63, 3.8) is 0 Å². The Morgan fingerprint density at radius 3 is 2.87 bits per heavy atom. The fourth-order valence-electron chi connectivity index (χ4n) is 3.00. The normalized spacial score (nSPS) is 19.3. The third-order valence-electron chi connectivity index (χ3n) is 4.09. The maximum absolute atomic E-state index is 12.3. The van der Waals surface area contributed by atoms with Gasteiger partial charge in [0, 0.05) is 6.54 Å². The second-order valence-electron chi connectivity index (χ2n) is 5.49. The SMILES string of the molecule is COC(=O)NCC(=O)N1CCC[C@@H]1c1ccc2c(c1)OCCO2. The number of amides is 2. The summed E-state index contributed by atoms with van der Waals surface area (Å²) in [6.45, 7) is 1.71. The molecule has 0 saturated carbocycles. The summed E-state index contributed by atoms with van der Waals surface area (Å²) in [7, 11) is 1.27. The number of alkyl carbamates (subject to hydrolysis) is 1. The van der Waals surface area contributed by atoms with Crippen molar-refractivity contribution in [3.8, 4) is 11.5 Å². The molecule has 0 aliphatic carbocycles. The first-order valence-corrected chi connectivity index (χ1v) is 7.70. The molecule has 0 unspecified atom stereocenters. The number of methoxy groups -OCH3 is 1. The zero-order valence-electron chi connectivity index (χ0n) is 13.0. The number of fused-ring (bicyclic) bond motifs is 1. The first kappa shape index (κ1) is 15.5. The molecule has 3 rings (SSSR count). The number of hydrogen-bond donors (Lipinski definition) is 1. The third-order valence-corrected chi connectivity index (χ3v) is 4.09. The molecule has 0 spiro atoms. The number of ether oxygens (including phenoxy) is 3. The van der Waals surface area contributed by atoms with Crippen LogP contribution in [-0.2, 0) is 9.53 Å². The molecule has 23 heavy (non-hydrogen) atoms. The van der Waals surface area contributed by atoms with E-state index in [4.69, 9.17) is 9.47 Å². The second-order valence-corrected chi connectivity index (χ2v) is 5.49. The van der Waals surface area contributed by atoms with Crippen LogP contribution in [0.2, 0.25) is 0 Å². The topological polar surface area (TPSA) is 77.1 Å². The number of nitrogens with zero attached hydrogens (tertiary/aromatic N) is 1. The Balaban J connectivity index is 1.71. The number of nitrogens with one attached hydrogen (secondary N) is 1. The standard InChI is InChI=1S/C16H20N2O5/c1-21-16(20)17-10-15(19)18-6-2-3-12(18)11-4-5-13-14(9-11)23-8-7-22-13/h4-5,9,12H,2-3,6-8,10H2,1H3,(H,17,20)/t12-/m1/s1. The zero-order valence-corrected chi connectivity index (χ0v) is 13.0. The van der Waals surface area contributed by atoms with Crippen LogP contribution in [0.1, 0.15) is 24.4 Å². The summed E-state index contributed by atoms with van der Waals surface area (Å²) in [5.74, 6) is 1.34. The van der Waals surface area contributed by atoms with Gasteiger partial charge < -0.3 is 24.4 Å². The van der Waals surface area contributed by atoms with Gasteiger partial charge in [0.15, 0.2) is 11.5 Å². The molecule has 1 saturated heterocycles. The molecule has 0 radical (unpaired) electrons. The maximum Gasteiger partial charge on any atom is 0.407 e. The summed E-state index contributed by atoms with van der Waals surface area (Å²) in [6, 6.07) is 5.80. The molecule has 2 aliphatic rings. The summed E-state index contributed by atoms with van der Waals surface area (Å²) in [5, 5.41) is 2.43. The van der Waals surface area contributed by atoms with E-state index in [2.05, 4.69) is 10.1 Å². The summed E-state index contributed by atoms with van der Waals surface area (Å²) in [5.41, 5.74) is 1.03. The number of rotatable bonds is 3. The predicted molar refractivity (Wildman–Crippen MR) is 81.5 cm³/mol. The summed E-state index contributed by atoms with van der Waals surface area (Å²) in [6.07, 6.45) is 1.22. The minimum atomic E-state index is -0.603. The van der Waals surface area contributed by atoms with Gasteiger partial charge in [0.2, 0.25) is 5.91 Å². The largest absolute Gasteiger partial charge is 0.486 e. The molecule has 1 atom stereocenters. The van der Waals surface area contributed by atoms with E-state index in [0.717, 1.165) is 29.9 Å². The van der Waals surface area contributed by atoms with E-state index in [0.29, 0.717) is 19.8 Å². The second kappa shape index (κ2) is 6.76. The molecular formula is C16H20N2O5. The lowest BCUT2D eigenvalue weighted by Crippen LogP contribution is -2.39. The molecule has 0 aromatic heterocycles. The number of benzene rings is 1.